The summed E-state index contributed by atoms with van der Waals surface area (Å²) in [6, 6.07) is 3.40. The van der Waals surface area contributed by atoms with Crippen LogP contribution in [0.4, 0.5) is 4.39 Å². The largest absolute Gasteiger partial charge is 0.376 e. The molecule has 0 bridgehead atoms. The number of ether oxygens (including phenoxy) is 1. The van der Waals surface area contributed by atoms with Gasteiger partial charge in [0.25, 0.3) is 0 Å². The van der Waals surface area contributed by atoms with E-state index >= 15 is 0 Å². The highest BCUT2D eigenvalue weighted by Crippen LogP contribution is 2.35. The first-order chi connectivity index (χ1) is 10.1. The standard InChI is InChI=1S/C18H18FNO/c1-4-13-6-18(19)14(5-11(13)2)16-8-20-7-15-12(3)9-21-10-17(15)16/h4-8,12H,1,9-10H2,2-3H3. The molecule has 0 fully saturated rings. The van der Waals surface area contributed by atoms with Gasteiger partial charge in [-0.1, -0.05) is 19.6 Å². The maximum absolute atomic E-state index is 14.5. The van der Waals surface area contributed by atoms with Crippen molar-refractivity contribution in [2.75, 3.05) is 6.61 Å². The van der Waals surface area contributed by atoms with Crippen LogP contribution in [0, 0.1) is 12.7 Å². The lowest BCUT2D eigenvalue weighted by Gasteiger charge is -2.24. The van der Waals surface area contributed by atoms with E-state index in [0.717, 1.165) is 27.8 Å². The zero-order valence-corrected chi connectivity index (χ0v) is 12.3. The van der Waals surface area contributed by atoms with Gasteiger partial charge in [0.15, 0.2) is 0 Å². The first kappa shape index (κ1) is 14.0. The first-order valence-electron chi connectivity index (χ1n) is 7.09. The molecule has 0 radical (unpaired) electrons. The van der Waals surface area contributed by atoms with Crippen LogP contribution in [0.15, 0.2) is 31.1 Å². The van der Waals surface area contributed by atoms with E-state index in [1.165, 1.54) is 6.07 Å². The molecular weight excluding hydrogens is 265 g/mol. The van der Waals surface area contributed by atoms with E-state index in [1.54, 1.807) is 12.3 Å². The number of aryl methyl sites for hydroxylation is 1. The van der Waals surface area contributed by atoms with Crippen LogP contribution in [-0.2, 0) is 11.3 Å². The first-order valence-corrected chi connectivity index (χ1v) is 7.09. The molecule has 2 heterocycles. The van der Waals surface area contributed by atoms with Gasteiger partial charge in [0.05, 0.1) is 13.2 Å². The smallest absolute Gasteiger partial charge is 0.131 e. The highest BCUT2D eigenvalue weighted by molar-refractivity contribution is 5.71. The van der Waals surface area contributed by atoms with Crippen LogP contribution in [-0.4, -0.2) is 11.6 Å². The molecule has 0 N–H and O–H groups in total. The molecule has 0 aliphatic carbocycles. The Bertz CT molecular complexity index is 709. The van der Waals surface area contributed by atoms with Gasteiger partial charge >= 0.3 is 0 Å². The van der Waals surface area contributed by atoms with E-state index in [0.29, 0.717) is 18.8 Å². The van der Waals surface area contributed by atoms with E-state index in [4.69, 9.17) is 4.74 Å². The van der Waals surface area contributed by atoms with Crippen molar-refractivity contribution >= 4 is 6.08 Å². The topological polar surface area (TPSA) is 22.1 Å². The number of benzene rings is 1. The van der Waals surface area contributed by atoms with Crippen molar-refractivity contribution < 1.29 is 9.13 Å². The summed E-state index contributed by atoms with van der Waals surface area (Å²) in [5, 5.41) is 0. The van der Waals surface area contributed by atoms with E-state index in [9.17, 15) is 4.39 Å². The second kappa shape index (κ2) is 5.41. The third kappa shape index (κ3) is 2.38. The van der Waals surface area contributed by atoms with Gasteiger partial charge < -0.3 is 4.74 Å². The number of hydrogen-bond donors (Lipinski definition) is 0. The zero-order chi connectivity index (χ0) is 15.0. The molecule has 108 valence electrons. The Morgan fingerprint density at radius 1 is 1.33 bits per heavy atom. The molecule has 3 rings (SSSR count). The lowest BCUT2D eigenvalue weighted by atomic mass is 9.90. The van der Waals surface area contributed by atoms with Crippen LogP contribution in [0.1, 0.15) is 35.1 Å². The second-order valence-corrected chi connectivity index (χ2v) is 5.56. The fourth-order valence-corrected chi connectivity index (χ4v) is 2.87. The molecule has 2 nitrogen and oxygen atoms in total. The Hall–Kier alpha value is -2.00. The Morgan fingerprint density at radius 3 is 2.90 bits per heavy atom. The minimum atomic E-state index is -0.246. The number of aromatic nitrogens is 1. The van der Waals surface area contributed by atoms with Crippen molar-refractivity contribution in [1.29, 1.82) is 0 Å². The van der Waals surface area contributed by atoms with Crippen molar-refractivity contribution in [3.63, 3.8) is 0 Å². The van der Waals surface area contributed by atoms with Crippen LogP contribution in [0.2, 0.25) is 0 Å². The molecule has 0 saturated heterocycles. The number of pyridine rings is 1. The van der Waals surface area contributed by atoms with Crippen LogP contribution < -0.4 is 0 Å². The fourth-order valence-electron chi connectivity index (χ4n) is 2.87. The third-order valence-corrected chi connectivity index (χ3v) is 4.10. The van der Waals surface area contributed by atoms with Crippen molar-refractivity contribution in [3.8, 4) is 11.1 Å². The molecule has 1 aliphatic heterocycles. The van der Waals surface area contributed by atoms with Gasteiger partial charge in [0, 0.05) is 29.4 Å². The number of hydrogen-bond acceptors (Lipinski definition) is 2. The molecule has 1 atom stereocenters. The number of halogens is 1. The van der Waals surface area contributed by atoms with Gasteiger partial charge in [-0.05, 0) is 41.3 Å². The van der Waals surface area contributed by atoms with Crippen molar-refractivity contribution in [3.05, 3.63) is 59.2 Å². The molecule has 0 spiro atoms. The molecule has 2 aromatic rings. The fraction of sp³-hybridized carbons (Fsp3) is 0.278. The minimum absolute atomic E-state index is 0.246. The summed E-state index contributed by atoms with van der Waals surface area (Å²) in [5.41, 5.74) is 5.44. The predicted molar refractivity (Wildman–Crippen MR) is 82.5 cm³/mol. The summed E-state index contributed by atoms with van der Waals surface area (Å²) in [4.78, 5) is 4.30. The summed E-state index contributed by atoms with van der Waals surface area (Å²) in [7, 11) is 0. The van der Waals surface area contributed by atoms with E-state index < -0.39 is 0 Å². The van der Waals surface area contributed by atoms with Gasteiger partial charge in [-0.3, -0.25) is 4.98 Å². The maximum atomic E-state index is 14.5. The van der Waals surface area contributed by atoms with Gasteiger partial charge in [0.2, 0.25) is 0 Å². The van der Waals surface area contributed by atoms with Crippen LogP contribution in [0.25, 0.3) is 17.2 Å². The molecule has 3 heteroatoms. The molecule has 1 aromatic heterocycles. The lowest BCUT2D eigenvalue weighted by molar-refractivity contribution is 0.0952. The monoisotopic (exact) mass is 283 g/mol. The number of rotatable bonds is 2. The van der Waals surface area contributed by atoms with Gasteiger partial charge in [-0.25, -0.2) is 4.39 Å². The normalized spacial score (nSPS) is 17.4. The molecule has 0 amide bonds. The summed E-state index contributed by atoms with van der Waals surface area (Å²) in [6.45, 7) is 8.98. The summed E-state index contributed by atoms with van der Waals surface area (Å²) in [6.07, 6.45) is 5.27. The molecule has 1 aliphatic rings. The van der Waals surface area contributed by atoms with E-state index in [1.807, 2.05) is 19.2 Å². The number of nitrogens with zero attached hydrogens (tertiary/aromatic N) is 1. The molecule has 1 aromatic carbocycles. The molecule has 1 unspecified atom stereocenters. The zero-order valence-electron chi connectivity index (χ0n) is 12.3. The van der Waals surface area contributed by atoms with Gasteiger partial charge in [0.1, 0.15) is 5.82 Å². The summed E-state index contributed by atoms with van der Waals surface area (Å²) >= 11 is 0. The Morgan fingerprint density at radius 2 is 2.14 bits per heavy atom. The average molecular weight is 283 g/mol. The third-order valence-electron chi connectivity index (χ3n) is 4.10. The van der Waals surface area contributed by atoms with Crippen molar-refractivity contribution in [1.82, 2.24) is 4.98 Å². The summed E-state index contributed by atoms with van der Waals surface area (Å²) < 4.78 is 20.1. The Balaban J connectivity index is 2.20. The van der Waals surface area contributed by atoms with Crippen LogP contribution >= 0.6 is 0 Å². The van der Waals surface area contributed by atoms with Crippen LogP contribution in [0.5, 0.6) is 0 Å². The maximum Gasteiger partial charge on any atom is 0.131 e. The number of fused-ring (bicyclic) bond motifs is 1. The SMILES string of the molecule is C=Cc1cc(F)c(-c2cncc3c2COCC3C)cc1C. The highest BCUT2D eigenvalue weighted by Gasteiger charge is 2.22. The quantitative estimate of drug-likeness (QED) is 0.811. The molecule has 0 saturated carbocycles. The van der Waals surface area contributed by atoms with Crippen molar-refractivity contribution in [2.24, 2.45) is 0 Å². The molecule has 21 heavy (non-hydrogen) atoms. The van der Waals surface area contributed by atoms with E-state index in [-0.39, 0.29) is 11.7 Å². The van der Waals surface area contributed by atoms with Crippen molar-refractivity contribution in [2.45, 2.75) is 26.4 Å². The van der Waals surface area contributed by atoms with E-state index in [2.05, 4.69) is 18.5 Å². The highest BCUT2D eigenvalue weighted by atomic mass is 19.1. The van der Waals surface area contributed by atoms with Gasteiger partial charge in [-0.2, -0.15) is 0 Å². The summed E-state index contributed by atoms with van der Waals surface area (Å²) in [5.74, 6) is 0.0433. The van der Waals surface area contributed by atoms with Gasteiger partial charge in [-0.15, -0.1) is 0 Å². The molecular formula is C18H18FNO. The average Bonchev–Trinajstić information content (AvgIpc) is 2.49. The van der Waals surface area contributed by atoms with Crippen LogP contribution in [0.3, 0.4) is 0 Å². The lowest BCUT2D eigenvalue weighted by Crippen LogP contribution is -2.15. The predicted octanol–water partition coefficient (Wildman–Crippen LogP) is 4.47. The minimum Gasteiger partial charge on any atom is -0.376 e. The Kier molecular flexibility index (Phi) is 3.60. The Labute approximate surface area is 124 Å². The second-order valence-electron chi connectivity index (χ2n) is 5.56.